The first kappa shape index (κ1) is 15.5. The van der Waals surface area contributed by atoms with E-state index in [0.29, 0.717) is 11.3 Å². The molecule has 0 radical (unpaired) electrons. The van der Waals surface area contributed by atoms with Crippen molar-refractivity contribution in [1.29, 1.82) is 0 Å². The van der Waals surface area contributed by atoms with Gasteiger partial charge in [-0.05, 0) is 49.6 Å². The van der Waals surface area contributed by atoms with Gasteiger partial charge in [0.2, 0.25) is 10.0 Å². The first-order valence-electron chi connectivity index (χ1n) is 6.75. The minimum Gasteiger partial charge on any atom is -0.398 e. The maximum Gasteiger partial charge on any atom is 0.241 e. The number of nitrogens with one attached hydrogen (secondary N) is 1. The summed E-state index contributed by atoms with van der Waals surface area (Å²) in [6, 6.07) is 12.6. The maximum absolute atomic E-state index is 12.6. The van der Waals surface area contributed by atoms with E-state index in [4.69, 9.17) is 5.73 Å². The van der Waals surface area contributed by atoms with E-state index >= 15 is 0 Å². The van der Waals surface area contributed by atoms with Gasteiger partial charge in [-0.3, -0.25) is 0 Å². The van der Waals surface area contributed by atoms with Crippen LogP contribution >= 0.6 is 0 Å². The molecule has 21 heavy (non-hydrogen) atoms. The second-order valence-electron chi connectivity index (χ2n) is 5.23. The molecule has 0 saturated heterocycles. The topological polar surface area (TPSA) is 72.2 Å². The lowest BCUT2D eigenvalue weighted by Gasteiger charge is -2.17. The molecule has 0 aliphatic carbocycles. The quantitative estimate of drug-likeness (QED) is 0.853. The lowest BCUT2D eigenvalue weighted by atomic mass is 10.1. The molecule has 3 N–H and O–H groups in total. The second kappa shape index (κ2) is 5.87. The number of rotatable bonds is 4. The third-order valence-corrected chi connectivity index (χ3v) is 5.13. The predicted octanol–water partition coefficient (Wildman–Crippen LogP) is 2.93. The zero-order chi connectivity index (χ0) is 15.6. The molecule has 0 aromatic heterocycles. The Labute approximate surface area is 126 Å². The Kier molecular flexibility index (Phi) is 4.34. The van der Waals surface area contributed by atoms with Crippen molar-refractivity contribution in [3.8, 4) is 0 Å². The van der Waals surface area contributed by atoms with Gasteiger partial charge in [-0.15, -0.1) is 0 Å². The second-order valence-corrected chi connectivity index (χ2v) is 6.91. The van der Waals surface area contributed by atoms with Crippen molar-refractivity contribution in [3.63, 3.8) is 0 Å². The molecule has 0 saturated carbocycles. The SMILES string of the molecule is Cc1cc(N)c(C)c(S(=O)(=O)N[C@@H](C)c2ccccc2)c1. The van der Waals surface area contributed by atoms with Crippen molar-refractivity contribution in [2.45, 2.75) is 31.7 Å². The number of anilines is 1. The molecule has 2 aromatic carbocycles. The lowest BCUT2D eigenvalue weighted by molar-refractivity contribution is 0.566. The molecule has 0 fully saturated rings. The molecule has 4 nitrogen and oxygen atoms in total. The molecule has 2 aromatic rings. The fourth-order valence-electron chi connectivity index (χ4n) is 2.24. The molecule has 1 atom stereocenters. The van der Waals surface area contributed by atoms with Gasteiger partial charge in [0, 0.05) is 11.7 Å². The summed E-state index contributed by atoms with van der Waals surface area (Å²) >= 11 is 0. The van der Waals surface area contributed by atoms with E-state index < -0.39 is 10.0 Å². The van der Waals surface area contributed by atoms with Crippen LogP contribution in [-0.4, -0.2) is 8.42 Å². The van der Waals surface area contributed by atoms with Crippen LogP contribution in [-0.2, 0) is 10.0 Å². The molecule has 0 unspecified atom stereocenters. The molecule has 0 aliphatic rings. The highest BCUT2D eigenvalue weighted by Crippen LogP contribution is 2.24. The van der Waals surface area contributed by atoms with Crippen molar-refractivity contribution in [1.82, 2.24) is 4.72 Å². The van der Waals surface area contributed by atoms with Gasteiger partial charge in [-0.25, -0.2) is 13.1 Å². The van der Waals surface area contributed by atoms with Crippen molar-refractivity contribution in [2.24, 2.45) is 0 Å². The Balaban J connectivity index is 2.35. The fraction of sp³-hybridized carbons (Fsp3) is 0.250. The Hall–Kier alpha value is -1.85. The molecule has 0 aliphatic heterocycles. The van der Waals surface area contributed by atoms with Crippen molar-refractivity contribution < 1.29 is 8.42 Å². The number of sulfonamides is 1. The van der Waals surface area contributed by atoms with Gasteiger partial charge in [-0.1, -0.05) is 30.3 Å². The molecule has 0 amide bonds. The molecule has 2 rings (SSSR count). The standard InChI is InChI=1S/C16H20N2O2S/c1-11-9-15(17)12(2)16(10-11)21(19,20)18-13(3)14-7-5-4-6-8-14/h4-10,13,18H,17H2,1-3H3/t13-/m0/s1. The van der Waals surface area contributed by atoms with Crippen LogP contribution in [0.25, 0.3) is 0 Å². The zero-order valence-electron chi connectivity index (χ0n) is 12.4. The zero-order valence-corrected chi connectivity index (χ0v) is 13.2. The van der Waals surface area contributed by atoms with Gasteiger partial charge < -0.3 is 5.73 Å². The average molecular weight is 304 g/mol. The molecule has 112 valence electrons. The summed E-state index contributed by atoms with van der Waals surface area (Å²) in [5, 5.41) is 0. The summed E-state index contributed by atoms with van der Waals surface area (Å²) < 4.78 is 27.8. The van der Waals surface area contributed by atoms with E-state index in [1.807, 2.05) is 44.2 Å². The number of hydrogen-bond donors (Lipinski definition) is 2. The van der Waals surface area contributed by atoms with Crippen LogP contribution in [0.5, 0.6) is 0 Å². The molecule has 5 heteroatoms. The Bertz CT molecular complexity index is 740. The molecular weight excluding hydrogens is 284 g/mol. The monoisotopic (exact) mass is 304 g/mol. The molecule has 0 bridgehead atoms. The average Bonchev–Trinajstić information content (AvgIpc) is 2.43. The molecule has 0 spiro atoms. The van der Waals surface area contributed by atoms with Gasteiger partial charge in [0.25, 0.3) is 0 Å². The van der Waals surface area contributed by atoms with Gasteiger partial charge in [-0.2, -0.15) is 0 Å². The number of nitrogens with two attached hydrogens (primary N) is 1. The third-order valence-electron chi connectivity index (χ3n) is 3.47. The number of nitrogen functional groups attached to an aromatic ring is 1. The minimum absolute atomic E-state index is 0.239. The van der Waals surface area contributed by atoms with E-state index in [1.54, 1.807) is 19.1 Å². The van der Waals surface area contributed by atoms with Crippen LogP contribution in [0.2, 0.25) is 0 Å². The number of hydrogen-bond acceptors (Lipinski definition) is 3. The Morgan fingerprint density at radius 2 is 1.71 bits per heavy atom. The van der Waals surface area contributed by atoms with Crippen molar-refractivity contribution >= 4 is 15.7 Å². The summed E-state index contributed by atoms with van der Waals surface area (Å²) in [4.78, 5) is 0.239. The van der Waals surface area contributed by atoms with Crippen LogP contribution in [0.15, 0.2) is 47.4 Å². The molecular formula is C16H20N2O2S. The van der Waals surface area contributed by atoms with Crippen LogP contribution in [0.3, 0.4) is 0 Å². The predicted molar refractivity (Wildman–Crippen MR) is 85.5 cm³/mol. The summed E-state index contributed by atoms with van der Waals surface area (Å²) in [6.45, 7) is 5.37. The van der Waals surface area contributed by atoms with Gasteiger partial charge in [0.1, 0.15) is 0 Å². The number of aryl methyl sites for hydroxylation is 1. The Morgan fingerprint density at radius 1 is 1.10 bits per heavy atom. The fourth-order valence-corrected chi connectivity index (χ4v) is 3.83. The van der Waals surface area contributed by atoms with E-state index in [-0.39, 0.29) is 10.9 Å². The summed E-state index contributed by atoms with van der Waals surface area (Å²) in [7, 11) is -3.61. The highest BCUT2D eigenvalue weighted by molar-refractivity contribution is 7.89. The molecule has 0 heterocycles. The minimum atomic E-state index is -3.61. The van der Waals surface area contributed by atoms with Crippen LogP contribution in [0.1, 0.15) is 29.7 Å². The van der Waals surface area contributed by atoms with Gasteiger partial charge in [0.15, 0.2) is 0 Å². The van der Waals surface area contributed by atoms with Gasteiger partial charge >= 0.3 is 0 Å². The van der Waals surface area contributed by atoms with Crippen LogP contribution in [0.4, 0.5) is 5.69 Å². The highest BCUT2D eigenvalue weighted by atomic mass is 32.2. The van der Waals surface area contributed by atoms with Gasteiger partial charge in [0.05, 0.1) is 4.90 Å². The largest absolute Gasteiger partial charge is 0.398 e. The lowest BCUT2D eigenvalue weighted by Crippen LogP contribution is -2.27. The Morgan fingerprint density at radius 3 is 2.33 bits per heavy atom. The van der Waals surface area contributed by atoms with Crippen molar-refractivity contribution in [3.05, 3.63) is 59.2 Å². The van der Waals surface area contributed by atoms with Crippen LogP contribution in [0, 0.1) is 13.8 Å². The highest BCUT2D eigenvalue weighted by Gasteiger charge is 2.21. The summed E-state index contributed by atoms with van der Waals surface area (Å²) in [5.74, 6) is 0. The first-order chi connectivity index (χ1) is 9.81. The number of benzene rings is 2. The van der Waals surface area contributed by atoms with Crippen LogP contribution < -0.4 is 10.5 Å². The first-order valence-corrected chi connectivity index (χ1v) is 8.23. The smallest absolute Gasteiger partial charge is 0.241 e. The van der Waals surface area contributed by atoms with E-state index in [2.05, 4.69) is 4.72 Å². The maximum atomic E-state index is 12.6. The van der Waals surface area contributed by atoms with E-state index in [0.717, 1.165) is 11.1 Å². The normalized spacial score (nSPS) is 13.1. The summed E-state index contributed by atoms with van der Waals surface area (Å²) in [5.41, 5.74) is 8.67. The van der Waals surface area contributed by atoms with E-state index in [1.165, 1.54) is 0 Å². The van der Waals surface area contributed by atoms with Crippen molar-refractivity contribution in [2.75, 3.05) is 5.73 Å². The van der Waals surface area contributed by atoms with E-state index in [9.17, 15) is 8.42 Å². The third kappa shape index (κ3) is 3.43. The summed E-state index contributed by atoms with van der Waals surface area (Å²) in [6.07, 6.45) is 0.